The minimum atomic E-state index is -3.55. The van der Waals surface area contributed by atoms with Gasteiger partial charge in [0.25, 0.3) is 10.2 Å². The SMILES string of the molecule is CC1CCNCC1NS(N)(=O)=O. The van der Waals surface area contributed by atoms with Crippen LogP contribution in [0.3, 0.4) is 0 Å². The second-order valence-electron chi connectivity index (χ2n) is 3.24. The topological polar surface area (TPSA) is 84.2 Å². The highest BCUT2D eigenvalue weighted by atomic mass is 32.2. The lowest BCUT2D eigenvalue weighted by Gasteiger charge is -2.29. The molecule has 1 aliphatic rings. The maximum atomic E-state index is 10.7. The first-order valence-corrected chi connectivity index (χ1v) is 5.54. The fourth-order valence-corrected chi connectivity index (χ4v) is 2.10. The molecule has 0 saturated carbocycles. The largest absolute Gasteiger partial charge is 0.315 e. The number of hydrogen-bond donors (Lipinski definition) is 3. The molecule has 12 heavy (non-hydrogen) atoms. The number of piperidine rings is 1. The summed E-state index contributed by atoms with van der Waals surface area (Å²) < 4.78 is 23.8. The average Bonchev–Trinajstić information content (AvgIpc) is 1.91. The molecule has 1 heterocycles. The second-order valence-corrected chi connectivity index (χ2v) is 4.57. The van der Waals surface area contributed by atoms with Crippen molar-refractivity contribution in [1.29, 1.82) is 0 Å². The molecule has 2 unspecified atom stereocenters. The Labute approximate surface area is 72.9 Å². The van der Waals surface area contributed by atoms with Crippen molar-refractivity contribution in [3.8, 4) is 0 Å². The third-order valence-corrected chi connectivity index (χ3v) is 2.77. The second kappa shape index (κ2) is 3.69. The van der Waals surface area contributed by atoms with E-state index in [0.717, 1.165) is 13.0 Å². The first-order chi connectivity index (χ1) is 5.49. The van der Waals surface area contributed by atoms with Gasteiger partial charge in [-0.05, 0) is 18.9 Å². The van der Waals surface area contributed by atoms with Gasteiger partial charge < -0.3 is 5.32 Å². The summed E-state index contributed by atoms with van der Waals surface area (Å²) in [6, 6.07) is -0.0613. The first kappa shape index (κ1) is 9.91. The van der Waals surface area contributed by atoms with Gasteiger partial charge in [0.15, 0.2) is 0 Å². The van der Waals surface area contributed by atoms with E-state index in [2.05, 4.69) is 10.0 Å². The van der Waals surface area contributed by atoms with E-state index in [0.29, 0.717) is 12.5 Å². The summed E-state index contributed by atoms with van der Waals surface area (Å²) in [5, 5.41) is 7.97. The Morgan fingerprint density at radius 1 is 1.58 bits per heavy atom. The van der Waals surface area contributed by atoms with Gasteiger partial charge in [0.05, 0.1) is 0 Å². The summed E-state index contributed by atoms with van der Waals surface area (Å²) in [4.78, 5) is 0. The Morgan fingerprint density at radius 2 is 2.25 bits per heavy atom. The molecule has 0 bridgehead atoms. The summed E-state index contributed by atoms with van der Waals surface area (Å²) in [7, 11) is -3.55. The van der Waals surface area contributed by atoms with Gasteiger partial charge in [0, 0.05) is 12.6 Å². The summed E-state index contributed by atoms with van der Waals surface area (Å²) >= 11 is 0. The molecule has 1 rings (SSSR count). The van der Waals surface area contributed by atoms with Crippen molar-refractivity contribution in [1.82, 2.24) is 10.0 Å². The maximum absolute atomic E-state index is 10.7. The van der Waals surface area contributed by atoms with Crippen molar-refractivity contribution < 1.29 is 8.42 Å². The van der Waals surface area contributed by atoms with E-state index in [-0.39, 0.29) is 6.04 Å². The van der Waals surface area contributed by atoms with Crippen LogP contribution in [-0.4, -0.2) is 27.5 Å². The van der Waals surface area contributed by atoms with E-state index in [9.17, 15) is 8.42 Å². The van der Waals surface area contributed by atoms with E-state index >= 15 is 0 Å². The molecule has 0 aromatic rings. The minimum absolute atomic E-state index is 0.0613. The van der Waals surface area contributed by atoms with Crippen LogP contribution in [0, 0.1) is 5.92 Å². The van der Waals surface area contributed by atoms with Gasteiger partial charge in [-0.3, -0.25) is 0 Å². The van der Waals surface area contributed by atoms with E-state index < -0.39 is 10.2 Å². The smallest absolute Gasteiger partial charge is 0.274 e. The Kier molecular flexibility index (Phi) is 3.05. The van der Waals surface area contributed by atoms with Gasteiger partial charge in [0.2, 0.25) is 0 Å². The summed E-state index contributed by atoms with van der Waals surface area (Å²) in [5.74, 6) is 0.351. The molecule has 1 fully saturated rings. The summed E-state index contributed by atoms with van der Waals surface area (Å²) in [5.41, 5.74) is 0. The van der Waals surface area contributed by atoms with Crippen molar-refractivity contribution in [2.45, 2.75) is 19.4 Å². The fraction of sp³-hybridized carbons (Fsp3) is 1.00. The quantitative estimate of drug-likeness (QED) is 0.514. The molecule has 0 spiro atoms. The van der Waals surface area contributed by atoms with Crippen molar-refractivity contribution in [3.63, 3.8) is 0 Å². The number of hydrogen-bond acceptors (Lipinski definition) is 3. The third-order valence-electron chi connectivity index (χ3n) is 2.14. The predicted molar refractivity (Wildman–Crippen MR) is 46.7 cm³/mol. The predicted octanol–water partition coefficient (Wildman–Crippen LogP) is -1.22. The van der Waals surface area contributed by atoms with Crippen molar-refractivity contribution >= 4 is 10.2 Å². The Morgan fingerprint density at radius 3 is 2.75 bits per heavy atom. The molecule has 1 aliphatic heterocycles. The zero-order valence-corrected chi connectivity index (χ0v) is 7.89. The van der Waals surface area contributed by atoms with E-state index in [4.69, 9.17) is 5.14 Å². The van der Waals surface area contributed by atoms with E-state index in [1.165, 1.54) is 0 Å². The summed E-state index contributed by atoms with van der Waals surface area (Å²) in [6.45, 7) is 3.63. The van der Waals surface area contributed by atoms with Crippen molar-refractivity contribution in [2.24, 2.45) is 11.1 Å². The fourth-order valence-electron chi connectivity index (χ4n) is 1.36. The number of nitrogens with two attached hydrogens (primary N) is 1. The highest BCUT2D eigenvalue weighted by molar-refractivity contribution is 7.87. The lowest BCUT2D eigenvalue weighted by atomic mass is 9.96. The monoisotopic (exact) mass is 193 g/mol. The minimum Gasteiger partial charge on any atom is -0.315 e. The van der Waals surface area contributed by atoms with Gasteiger partial charge >= 0.3 is 0 Å². The normalized spacial score (nSPS) is 31.8. The van der Waals surface area contributed by atoms with Crippen LogP contribution in [0.4, 0.5) is 0 Å². The van der Waals surface area contributed by atoms with Gasteiger partial charge in [-0.15, -0.1) is 0 Å². The molecule has 0 radical (unpaired) electrons. The zero-order valence-electron chi connectivity index (χ0n) is 7.08. The zero-order chi connectivity index (χ0) is 9.19. The lowest BCUT2D eigenvalue weighted by Crippen LogP contribution is -2.51. The van der Waals surface area contributed by atoms with Crippen LogP contribution >= 0.6 is 0 Å². The van der Waals surface area contributed by atoms with Gasteiger partial charge in [0.1, 0.15) is 0 Å². The van der Waals surface area contributed by atoms with E-state index in [1.807, 2.05) is 6.92 Å². The molecule has 0 amide bonds. The third kappa shape index (κ3) is 3.06. The van der Waals surface area contributed by atoms with Crippen molar-refractivity contribution in [3.05, 3.63) is 0 Å². The van der Waals surface area contributed by atoms with Gasteiger partial charge in [-0.2, -0.15) is 13.1 Å². The number of rotatable bonds is 2. The molecular weight excluding hydrogens is 178 g/mol. The maximum Gasteiger partial charge on any atom is 0.274 e. The van der Waals surface area contributed by atoms with Gasteiger partial charge in [-0.25, -0.2) is 5.14 Å². The van der Waals surface area contributed by atoms with Crippen LogP contribution in [0.5, 0.6) is 0 Å². The molecular formula is C6H15N3O2S. The van der Waals surface area contributed by atoms with Crippen LogP contribution < -0.4 is 15.2 Å². The molecule has 5 nitrogen and oxygen atoms in total. The van der Waals surface area contributed by atoms with Crippen LogP contribution in [0.15, 0.2) is 0 Å². The Balaban J connectivity index is 2.50. The van der Waals surface area contributed by atoms with Gasteiger partial charge in [-0.1, -0.05) is 6.92 Å². The molecule has 2 atom stereocenters. The molecule has 0 aromatic carbocycles. The average molecular weight is 193 g/mol. The van der Waals surface area contributed by atoms with Crippen LogP contribution in [0.1, 0.15) is 13.3 Å². The molecule has 4 N–H and O–H groups in total. The summed E-state index contributed by atoms with van der Waals surface area (Å²) in [6.07, 6.45) is 0.979. The molecule has 72 valence electrons. The molecule has 6 heteroatoms. The van der Waals surface area contributed by atoms with E-state index in [1.54, 1.807) is 0 Å². The Hall–Kier alpha value is -0.170. The Bertz CT molecular complexity index is 239. The first-order valence-electron chi connectivity index (χ1n) is 4.00. The highest BCUT2D eigenvalue weighted by Crippen LogP contribution is 2.11. The molecule has 0 aromatic heterocycles. The molecule has 1 saturated heterocycles. The highest BCUT2D eigenvalue weighted by Gasteiger charge is 2.23. The van der Waals surface area contributed by atoms with Crippen LogP contribution in [-0.2, 0) is 10.2 Å². The lowest BCUT2D eigenvalue weighted by molar-refractivity contribution is 0.327. The van der Waals surface area contributed by atoms with Crippen LogP contribution in [0.25, 0.3) is 0 Å². The van der Waals surface area contributed by atoms with Crippen LogP contribution in [0.2, 0.25) is 0 Å². The molecule has 0 aliphatic carbocycles. The number of nitrogens with one attached hydrogen (secondary N) is 2. The van der Waals surface area contributed by atoms with Crippen molar-refractivity contribution in [2.75, 3.05) is 13.1 Å². The standard InChI is InChI=1S/C6H15N3O2S/c1-5-2-3-8-4-6(5)9-12(7,10)11/h5-6,8-9H,2-4H2,1H3,(H2,7,10,11).